The Morgan fingerprint density at radius 2 is 2.00 bits per heavy atom. The lowest BCUT2D eigenvalue weighted by Crippen LogP contribution is -2.43. The molecule has 0 bridgehead atoms. The van der Waals surface area contributed by atoms with Crippen LogP contribution in [0.4, 0.5) is 19.0 Å². The van der Waals surface area contributed by atoms with Crippen LogP contribution in [0.2, 0.25) is 0 Å². The van der Waals surface area contributed by atoms with Crippen molar-refractivity contribution in [3.63, 3.8) is 0 Å². The molecular weight excluding hydrogens is 437 g/mol. The Labute approximate surface area is 169 Å². The molecule has 0 radical (unpaired) electrons. The van der Waals surface area contributed by atoms with Crippen molar-refractivity contribution < 1.29 is 18.0 Å². The molecule has 150 valence electrons. The maximum Gasteiger partial charge on any atom is 0.416 e. The number of nitrogens with one attached hydrogen (secondary N) is 2. The Kier molecular flexibility index (Phi) is 6.36. The Morgan fingerprint density at radius 1 is 1.29 bits per heavy atom. The van der Waals surface area contributed by atoms with E-state index in [1.54, 1.807) is 12.3 Å². The van der Waals surface area contributed by atoms with Crippen molar-refractivity contribution in [2.24, 2.45) is 0 Å². The van der Waals surface area contributed by atoms with Crippen LogP contribution in [0.1, 0.15) is 27.0 Å². The topological polar surface area (TPSA) is 57.3 Å². The smallest absolute Gasteiger partial charge is 0.314 e. The number of aryl methyl sites for hydroxylation is 1. The van der Waals surface area contributed by atoms with Crippen LogP contribution in [0, 0.1) is 6.92 Å². The summed E-state index contributed by atoms with van der Waals surface area (Å²) in [5.74, 6) is -0.372. The minimum Gasteiger partial charge on any atom is -0.314 e. The zero-order chi connectivity index (χ0) is 20.3. The van der Waals surface area contributed by atoms with Gasteiger partial charge in [-0.3, -0.25) is 9.69 Å². The number of piperazine rings is 1. The molecule has 0 aliphatic carbocycles. The quantitative estimate of drug-likeness (QED) is 0.733. The molecule has 2 aromatic rings. The maximum atomic E-state index is 13.6. The minimum absolute atomic E-state index is 0.0603. The second-order valence-electron chi connectivity index (χ2n) is 6.67. The Hall–Kier alpha value is -1.97. The minimum atomic E-state index is -4.54. The van der Waals surface area contributed by atoms with E-state index in [9.17, 15) is 18.0 Å². The van der Waals surface area contributed by atoms with Crippen LogP contribution >= 0.6 is 15.9 Å². The Morgan fingerprint density at radius 3 is 2.64 bits per heavy atom. The van der Waals surface area contributed by atoms with Crippen LogP contribution in [0.3, 0.4) is 0 Å². The molecule has 3 rings (SSSR count). The third kappa shape index (κ3) is 5.09. The van der Waals surface area contributed by atoms with Crippen LogP contribution < -0.4 is 10.6 Å². The Bertz CT molecular complexity index is 867. The first-order valence-electron chi connectivity index (χ1n) is 8.81. The van der Waals surface area contributed by atoms with Gasteiger partial charge in [0.1, 0.15) is 5.82 Å². The molecule has 9 heteroatoms. The second-order valence-corrected chi connectivity index (χ2v) is 7.52. The zero-order valence-corrected chi connectivity index (χ0v) is 16.8. The SMILES string of the molecule is Cc1cnc(NC(=O)c2ccc(CN3CCNCC3)c(C(F)(F)F)c2)cc1Br. The predicted octanol–water partition coefficient (Wildman–Crippen LogP) is 3.83. The van der Waals surface area contributed by atoms with Gasteiger partial charge in [-0.1, -0.05) is 22.0 Å². The summed E-state index contributed by atoms with van der Waals surface area (Å²) in [4.78, 5) is 18.5. The number of alkyl halides is 3. The van der Waals surface area contributed by atoms with Gasteiger partial charge in [-0.25, -0.2) is 4.98 Å². The van der Waals surface area contributed by atoms with Gasteiger partial charge in [0, 0.05) is 49.0 Å². The van der Waals surface area contributed by atoms with Crippen LogP contribution in [-0.4, -0.2) is 42.0 Å². The highest BCUT2D eigenvalue weighted by molar-refractivity contribution is 9.10. The van der Waals surface area contributed by atoms with E-state index in [0.29, 0.717) is 13.1 Å². The molecule has 1 aliphatic heterocycles. The molecule has 0 atom stereocenters. The van der Waals surface area contributed by atoms with Gasteiger partial charge in [0.2, 0.25) is 0 Å². The molecule has 1 amide bonds. The van der Waals surface area contributed by atoms with Crippen LogP contribution in [0.5, 0.6) is 0 Å². The summed E-state index contributed by atoms with van der Waals surface area (Å²) >= 11 is 3.34. The average Bonchev–Trinajstić information content (AvgIpc) is 2.65. The molecular formula is C19H20BrF3N4O. The van der Waals surface area contributed by atoms with E-state index >= 15 is 0 Å². The summed E-state index contributed by atoms with van der Waals surface area (Å²) in [6.45, 7) is 4.92. The maximum absolute atomic E-state index is 13.6. The second kappa shape index (κ2) is 8.59. The zero-order valence-electron chi connectivity index (χ0n) is 15.2. The number of halogens is 4. The van der Waals surface area contributed by atoms with Gasteiger partial charge in [-0.15, -0.1) is 0 Å². The number of carbonyl (C=O) groups excluding carboxylic acids is 1. The largest absolute Gasteiger partial charge is 0.416 e. The van der Waals surface area contributed by atoms with E-state index in [-0.39, 0.29) is 23.5 Å². The highest BCUT2D eigenvalue weighted by Gasteiger charge is 2.34. The fraction of sp³-hybridized carbons (Fsp3) is 0.368. The summed E-state index contributed by atoms with van der Waals surface area (Å²) in [6, 6.07) is 5.33. The first-order valence-corrected chi connectivity index (χ1v) is 9.60. The molecule has 0 saturated carbocycles. The molecule has 1 fully saturated rings. The number of carbonyl (C=O) groups is 1. The molecule has 0 unspecified atom stereocenters. The first-order chi connectivity index (χ1) is 13.2. The summed E-state index contributed by atoms with van der Waals surface area (Å²) in [7, 11) is 0. The number of nitrogens with zero attached hydrogens (tertiary/aromatic N) is 2. The lowest BCUT2D eigenvalue weighted by atomic mass is 10.0. The van der Waals surface area contributed by atoms with Crippen molar-refractivity contribution in [3.05, 3.63) is 57.2 Å². The molecule has 2 heterocycles. The summed E-state index contributed by atoms with van der Waals surface area (Å²) in [5.41, 5.74) is 0.211. The van der Waals surface area contributed by atoms with Crippen LogP contribution in [-0.2, 0) is 12.7 Å². The molecule has 5 nitrogen and oxygen atoms in total. The van der Waals surface area contributed by atoms with Crippen molar-refractivity contribution in [2.75, 3.05) is 31.5 Å². The molecule has 1 aliphatic rings. The fourth-order valence-electron chi connectivity index (χ4n) is 2.99. The molecule has 2 N–H and O–H groups in total. The highest BCUT2D eigenvalue weighted by Crippen LogP contribution is 2.33. The third-order valence-electron chi connectivity index (χ3n) is 4.56. The summed E-state index contributed by atoms with van der Waals surface area (Å²) < 4.78 is 41.5. The van der Waals surface area contributed by atoms with Crippen LogP contribution in [0.25, 0.3) is 0 Å². The highest BCUT2D eigenvalue weighted by atomic mass is 79.9. The first kappa shape index (κ1) is 20.8. The van der Waals surface area contributed by atoms with Gasteiger partial charge in [0.15, 0.2) is 0 Å². The lowest BCUT2D eigenvalue weighted by molar-refractivity contribution is -0.138. The average molecular weight is 457 g/mol. The van der Waals surface area contributed by atoms with E-state index < -0.39 is 17.6 Å². The number of aromatic nitrogens is 1. The van der Waals surface area contributed by atoms with Gasteiger partial charge in [-0.2, -0.15) is 13.2 Å². The number of pyridine rings is 1. The monoisotopic (exact) mass is 456 g/mol. The van der Waals surface area contributed by atoms with Gasteiger partial charge >= 0.3 is 6.18 Å². The van der Waals surface area contributed by atoms with Gasteiger partial charge in [0.25, 0.3) is 5.91 Å². The number of rotatable bonds is 4. The van der Waals surface area contributed by atoms with Gasteiger partial charge < -0.3 is 10.6 Å². The van der Waals surface area contributed by atoms with E-state index in [1.165, 1.54) is 12.1 Å². The van der Waals surface area contributed by atoms with E-state index in [1.807, 2.05) is 11.8 Å². The number of hydrogen-bond acceptors (Lipinski definition) is 4. The molecule has 0 spiro atoms. The van der Waals surface area contributed by atoms with Gasteiger partial charge in [-0.05, 0) is 36.2 Å². The summed E-state index contributed by atoms with van der Waals surface area (Å²) in [6.07, 6.45) is -2.97. The van der Waals surface area contributed by atoms with Crippen molar-refractivity contribution >= 4 is 27.7 Å². The number of anilines is 1. The number of amides is 1. The number of benzene rings is 1. The van der Waals surface area contributed by atoms with Crippen molar-refractivity contribution in [1.29, 1.82) is 0 Å². The number of hydrogen-bond donors (Lipinski definition) is 2. The van der Waals surface area contributed by atoms with E-state index in [0.717, 1.165) is 29.2 Å². The molecule has 1 aromatic carbocycles. The predicted molar refractivity (Wildman–Crippen MR) is 104 cm³/mol. The van der Waals surface area contributed by atoms with E-state index in [2.05, 4.69) is 31.5 Å². The molecule has 28 heavy (non-hydrogen) atoms. The normalized spacial score (nSPS) is 15.5. The van der Waals surface area contributed by atoms with Crippen molar-refractivity contribution in [1.82, 2.24) is 15.2 Å². The molecule has 1 aromatic heterocycles. The van der Waals surface area contributed by atoms with Crippen molar-refractivity contribution in [2.45, 2.75) is 19.6 Å². The lowest BCUT2D eigenvalue weighted by Gasteiger charge is -2.28. The van der Waals surface area contributed by atoms with Crippen LogP contribution in [0.15, 0.2) is 34.9 Å². The Balaban J connectivity index is 1.82. The third-order valence-corrected chi connectivity index (χ3v) is 5.41. The fourth-order valence-corrected chi connectivity index (χ4v) is 3.30. The van der Waals surface area contributed by atoms with E-state index in [4.69, 9.17) is 0 Å². The standard InChI is InChI=1S/C19H20BrF3N4O/c1-12-10-25-17(9-16(12)20)26-18(28)13-2-3-14(15(8-13)19(21,22)23)11-27-6-4-24-5-7-27/h2-3,8-10,24H,4-7,11H2,1H3,(H,25,26,28). The van der Waals surface area contributed by atoms with Crippen molar-refractivity contribution in [3.8, 4) is 0 Å². The van der Waals surface area contributed by atoms with Gasteiger partial charge in [0.05, 0.1) is 5.56 Å². The molecule has 1 saturated heterocycles. The summed E-state index contributed by atoms with van der Waals surface area (Å²) in [5, 5.41) is 5.71.